The van der Waals surface area contributed by atoms with E-state index in [0.29, 0.717) is 12.0 Å². The molecule has 78 valence electrons. The molecule has 2 nitrogen and oxygen atoms in total. The minimum absolute atomic E-state index is 0.466. The molecule has 14 heavy (non-hydrogen) atoms. The highest BCUT2D eigenvalue weighted by molar-refractivity contribution is 5.14. The molecule has 2 rings (SSSR count). The zero-order chi connectivity index (χ0) is 9.97. The Bertz CT molecular complexity index is 286. The van der Waals surface area contributed by atoms with Crippen molar-refractivity contribution in [2.45, 2.75) is 45.1 Å². The van der Waals surface area contributed by atoms with Crippen LogP contribution in [0.3, 0.4) is 0 Å². The molecule has 1 aliphatic rings. The topological polar surface area (TPSA) is 25.2 Å². The standard InChI is InChI=1S/C12H19NO/c1-3-9(2)11-6-7-12(14-11)10-5-4-8-13-10/h6-7,9-10,13H,3-5,8H2,1-2H3. The normalized spacial score (nSPS) is 24.0. The van der Waals surface area contributed by atoms with Gasteiger partial charge < -0.3 is 9.73 Å². The largest absolute Gasteiger partial charge is 0.464 e. The van der Waals surface area contributed by atoms with Gasteiger partial charge in [0.25, 0.3) is 0 Å². The second kappa shape index (κ2) is 4.18. The maximum Gasteiger partial charge on any atom is 0.121 e. The average molecular weight is 193 g/mol. The van der Waals surface area contributed by atoms with Crippen molar-refractivity contribution in [3.05, 3.63) is 23.7 Å². The lowest BCUT2D eigenvalue weighted by atomic mass is 10.1. The zero-order valence-corrected chi connectivity index (χ0v) is 9.05. The summed E-state index contributed by atoms with van der Waals surface area (Å²) in [5, 5.41) is 3.45. The van der Waals surface area contributed by atoms with Crippen molar-refractivity contribution >= 4 is 0 Å². The first-order valence-corrected chi connectivity index (χ1v) is 5.64. The van der Waals surface area contributed by atoms with Crippen molar-refractivity contribution in [1.82, 2.24) is 5.32 Å². The summed E-state index contributed by atoms with van der Waals surface area (Å²) in [5.74, 6) is 2.80. The fourth-order valence-corrected chi connectivity index (χ4v) is 1.95. The van der Waals surface area contributed by atoms with E-state index in [1.807, 2.05) is 0 Å². The van der Waals surface area contributed by atoms with E-state index in [4.69, 9.17) is 4.42 Å². The molecule has 2 unspecified atom stereocenters. The van der Waals surface area contributed by atoms with Crippen LogP contribution >= 0.6 is 0 Å². The molecule has 1 aliphatic heterocycles. The molecule has 2 atom stereocenters. The van der Waals surface area contributed by atoms with Crippen LogP contribution in [-0.4, -0.2) is 6.54 Å². The molecule has 0 aromatic carbocycles. The van der Waals surface area contributed by atoms with E-state index in [1.165, 1.54) is 12.8 Å². The molecule has 2 heteroatoms. The van der Waals surface area contributed by atoms with Gasteiger partial charge in [-0.15, -0.1) is 0 Å². The minimum atomic E-state index is 0.466. The Morgan fingerprint density at radius 1 is 1.57 bits per heavy atom. The van der Waals surface area contributed by atoms with E-state index in [0.717, 1.165) is 24.5 Å². The third-order valence-electron chi connectivity index (χ3n) is 3.15. The van der Waals surface area contributed by atoms with Crippen molar-refractivity contribution in [3.8, 4) is 0 Å². The highest BCUT2D eigenvalue weighted by Crippen LogP contribution is 2.28. The second-order valence-electron chi connectivity index (χ2n) is 4.20. The number of rotatable bonds is 3. The number of nitrogens with one attached hydrogen (secondary N) is 1. The summed E-state index contributed by atoms with van der Waals surface area (Å²) in [6, 6.07) is 4.72. The molecule has 0 bridgehead atoms. The third-order valence-corrected chi connectivity index (χ3v) is 3.15. The Morgan fingerprint density at radius 2 is 2.43 bits per heavy atom. The van der Waals surface area contributed by atoms with E-state index in [2.05, 4.69) is 31.3 Å². The summed E-state index contributed by atoms with van der Waals surface area (Å²) in [7, 11) is 0. The zero-order valence-electron chi connectivity index (χ0n) is 9.05. The first-order chi connectivity index (χ1) is 6.81. The van der Waals surface area contributed by atoms with Crippen LogP contribution < -0.4 is 5.32 Å². The van der Waals surface area contributed by atoms with Crippen molar-refractivity contribution in [2.75, 3.05) is 6.54 Å². The molecule has 1 saturated heterocycles. The Kier molecular flexibility index (Phi) is 2.92. The van der Waals surface area contributed by atoms with Crippen molar-refractivity contribution in [2.24, 2.45) is 0 Å². The molecular weight excluding hydrogens is 174 g/mol. The summed E-state index contributed by atoms with van der Waals surface area (Å²) in [6.07, 6.45) is 3.63. The van der Waals surface area contributed by atoms with Crippen LogP contribution in [0.5, 0.6) is 0 Å². The highest BCUT2D eigenvalue weighted by atomic mass is 16.3. The summed E-state index contributed by atoms with van der Waals surface area (Å²) in [6.45, 7) is 5.54. The molecule has 0 aliphatic carbocycles. The highest BCUT2D eigenvalue weighted by Gasteiger charge is 2.20. The maximum atomic E-state index is 5.86. The smallest absolute Gasteiger partial charge is 0.121 e. The van der Waals surface area contributed by atoms with Gasteiger partial charge in [-0.25, -0.2) is 0 Å². The van der Waals surface area contributed by atoms with Crippen LogP contribution in [0, 0.1) is 0 Å². The molecule has 0 saturated carbocycles. The minimum Gasteiger partial charge on any atom is -0.464 e. The van der Waals surface area contributed by atoms with E-state index in [-0.39, 0.29) is 0 Å². The van der Waals surface area contributed by atoms with Crippen LogP contribution in [0.4, 0.5) is 0 Å². The predicted molar refractivity (Wildman–Crippen MR) is 57.4 cm³/mol. The molecular formula is C12H19NO. The van der Waals surface area contributed by atoms with Gasteiger partial charge in [-0.1, -0.05) is 13.8 Å². The van der Waals surface area contributed by atoms with Crippen molar-refractivity contribution in [3.63, 3.8) is 0 Å². The second-order valence-corrected chi connectivity index (χ2v) is 4.20. The van der Waals surface area contributed by atoms with Crippen LogP contribution in [0.1, 0.15) is 56.6 Å². The van der Waals surface area contributed by atoms with Gasteiger partial charge in [-0.3, -0.25) is 0 Å². The molecule has 1 fully saturated rings. The van der Waals surface area contributed by atoms with Gasteiger partial charge in [-0.2, -0.15) is 0 Å². The molecule has 0 amide bonds. The van der Waals surface area contributed by atoms with Gasteiger partial charge in [0.1, 0.15) is 11.5 Å². The lowest BCUT2D eigenvalue weighted by molar-refractivity contribution is 0.397. The summed E-state index contributed by atoms with van der Waals surface area (Å²) < 4.78 is 5.86. The van der Waals surface area contributed by atoms with Crippen molar-refractivity contribution < 1.29 is 4.42 Å². The average Bonchev–Trinajstić information content (AvgIpc) is 2.86. The van der Waals surface area contributed by atoms with Gasteiger partial charge in [0.2, 0.25) is 0 Å². The summed E-state index contributed by atoms with van der Waals surface area (Å²) >= 11 is 0. The molecule has 1 N–H and O–H groups in total. The number of hydrogen-bond acceptors (Lipinski definition) is 2. The lowest BCUT2D eigenvalue weighted by Gasteiger charge is -2.07. The van der Waals surface area contributed by atoms with Crippen LogP contribution in [-0.2, 0) is 0 Å². The number of hydrogen-bond donors (Lipinski definition) is 1. The first kappa shape index (κ1) is 9.78. The van der Waals surface area contributed by atoms with Gasteiger partial charge in [0.15, 0.2) is 0 Å². The molecule has 1 aromatic rings. The SMILES string of the molecule is CCC(C)c1ccc(C2CCCN2)o1. The first-order valence-electron chi connectivity index (χ1n) is 5.64. The molecule has 1 aromatic heterocycles. The maximum absolute atomic E-state index is 5.86. The van der Waals surface area contributed by atoms with E-state index in [1.54, 1.807) is 0 Å². The van der Waals surface area contributed by atoms with Crippen LogP contribution in [0.15, 0.2) is 16.5 Å². The Morgan fingerprint density at radius 3 is 3.07 bits per heavy atom. The van der Waals surface area contributed by atoms with E-state index in [9.17, 15) is 0 Å². The fraction of sp³-hybridized carbons (Fsp3) is 0.667. The molecule has 0 spiro atoms. The molecule has 2 heterocycles. The van der Waals surface area contributed by atoms with Gasteiger partial charge in [0, 0.05) is 5.92 Å². The van der Waals surface area contributed by atoms with E-state index >= 15 is 0 Å². The summed E-state index contributed by atoms with van der Waals surface area (Å²) in [4.78, 5) is 0. The third kappa shape index (κ3) is 1.85. The monoisotopic (exact) mass is 193 g/mol. The summed E-state index contributed by atoms with van der Waals surface area (Å²) in [5.41, 5.74) is 0. The number of furan rings is 1. The van der Waals surface area contributed by atoms with Crippen molar-refractivity contribution in [1.29, 1.82) is 0 Å². The Labute approximate surface area is 85.7 Å². The lowest BCUT2D eigenvalue weighted by Crippen LogP contribution is -2.11. The fourth-order valence-electron chi connectivity index (χ4n) is 1.95. The van der Waals surface area contributed by atoms with Crippen LogP contribution in [0.25, 0.3) is 0 Å². The molecule has 0 radical (unpaired) electrons. The van der Waals surface area contributed by atoms with Crippen LogP contribution in [0.2, 0.25) is 0 Å². The quantitative estimate of drug-likeness (QED) is 0.797. The van der Waals surface area contributed by atoms with Gasteiger partial charge in [-0.05, 0) is 37.9 Å². The van der Waals surface area contributed by atoms with E-state index < -0.39 is 0 Å². The Hall–Kier alpha value is -0.760. The van der Waals surface area contributed by atoms with Gasteiger partial charge in [0.05, 0.1) is 6.04 Å². The Balaban J connectivity index is 2.08. The predicted octanol–water partition coefficient (Wildman–Crippen LogP) is 3.22. The van der Waals surface area contributed by atoms with Gasteiger partial charge >= 0.3 is 0 Å².